The third-order valence-corrected chi connectivity index (χ3v) is 8.87. The third kappa shape index (κ3) is 4.26. The van der Waals surface area contributed by atoms with Crippen LogP contribution in [0.2, 0.25) is 5.02 Å². The monoisotopic (exact) mass is 529 g/mol. The number of carbonyl (C=O) groups excluding carboxylic acids is 1. The number of fused-ring (bicyclic) bond motifs is 1. The first-order chi connectivity index (χ1) is 17.2. The van der Waals surface area contributed by atoms with Crippen LogP contribution in [0.25, 0.3) is 11.5 Å². The molecule has 3 aromatic rings. The smallest absolute Gasteiger partial charge is 0.318 e. The van der Waals surface area contributed by atoms with Crippen molar-refractivity contribution in [2.45, 2.75) is 35.9 Å². The number of sulfone groups is 1. The van der Waals surface area contributed by atoms with Crippen molar-refractivity contribution >= 4 is 39.0 Å². The van der Waals surface area contributed by atoms with Crippen LogP contribution in [0.1, 0.15) is 18.4 Å². The van der Waals surface area contributed by atoms with E-state index in [-0.39, 0.29) is 28.6 Å². The minimum Gasteiger partial charge on any atom is -0.403 e. The van der Waals surface area contributed by atoms with Crippen molar-refractivity contribution in [3.63, 3.8) is 0 Å². The van der Waals surface area contributed by atoms with Crippen molar-refractivity contribution in [1.82, 2.24) is 10.2 Å². The van der Waals surface area contributed by atoms with Gasteiger partial charge in [0.2, 0.25) is 11.8 Å². The lowest BCUT2D eigenvalue weighted by Gasteiger charge is -2.31. The second-order valence-corrected chi connectivity index (χ2v) is 11.9. The van der Waals surface area contributed by atoms with Crippen LogP contribution in [0.4, 0.5) is 11.7 Å². The Morgan fingerprint density at radius 1 is 1.14 bits per heavy atom. The van der Waals surface area contributed by atoms with Gasteiger partial charge in [-0.25, -0.2) is 8.42 Å². The third-order valence-electron chi connectivity index (χ3n) is 6.81. The summed E-state index contributed by atoms with van der Waals surface area (Å²) in [5.74, 6) is -0.730. The molecule has 0 bridgehead atoms. The zero-order valence-electron chi connectivity index (χ0n) is 19.3. The Hall–Kier alpha value is -2.99. The molecule has 1 saturated heterocycles. The second kappa shape index (κ2) is 8.55. The van der Waals surface area contributed by atoms with Crippen molar-refractivity contribution in [1.29, 1.82) is 0 Å². The molecule has 3 aliphatic rings. The van der Waals surface area contributed by atoms with E-state index in [0.29, 0.717) is 36.3 Å². The number of anilines is 2. The molecule has 6 rings (SSSR count). The summed E-state index contributed by atoms with van der Waals surface area (Å²) in [7, 11) is -3.81. The number of hydrogen-bond donors (Lipinski definition) is 1. The highest BCUT2D eigenvalue weighted by atomic mass is 35.5. The van der Waals surface area contributed by atoms with Gasteiger partial charge in [-0.2, -0.15) is 0 Å². The maximum Gasteiger partial charge on any atom is 0.318 e. The number of morpholine rings is 1. The molecule has 1 amide bonds. The molecule has 36 heavy (non-hydrogen) atoms. The number of halogens is 1. The number of carbonyl (C=O) groups is 1. The second-order valence-electron chi connectivity index (χ2n) is 9.46. The Kier molecular flexibility index (Phi) is 5.56. The molecule has 1 aliphatic carbocycles. The fourth-order valence-corrected chi connectivity index (χ4v) is 6.37. The number of benzene rings is 2. The van der Waals surface area contributed by atoms with Gasteiger partial charge in [0.25, 0.3) is 0 Å². The number of rotatable bonds is 4. The van der Waals surface area contributed by atoms with Crippen molar-refractivity contribution in [3.8, 4) is 11.5 Å². The van der Waals surface area contributed by atoms with E-state index in [4.69, 9.17) is 26.5 Å². The largest absolute Gasteiger partial charge is 0.403 e. The van der Waals surface area contributed by atoms with Crippen LogP contribution in [-0.2, 0) is 25.9 Å². The molecule has 2 aromatic carbocycles. The number of hydrogen-bond acceptors (Lipinski definition) is 9. The van der Waals surface area contributed by atoms with Crippen LogP contribution in [0, 0.1) is 0 Å². The molecule has 3 heterocycles. The zero-order chi connectivity index (χ0) is 25.1. The molecular formula is C24H24ClN5O5S. The normalized spacial score (nSPS) is 22.4. The SMILES string of the molecule is N[C@H]1CS(=O)(=O)c2ccc(-c3nnc(N4CCOC5(CC5)C4)o3)cc2N(Cc2ccc(Cl)cc2)C1=O. The van der Waals surface area contributed by atoms with Gasteiger partial charge in [-0.15, -0.1) is 5.10 Å². The van der Waals surface area contributed by atoms with Crippen LogP contribution in [0.3, 0.4) is 0 Å². The molecule has 0 unspecified atom stereocenters. The standard InChI is InChI=1S/C24H24ClN5O5S/c25-17-4-1-15(2-5-17)12-30-19-11-16(3-6-20(19)36(32,33)13-18(26)22(30)31)21-27-28-23(35-21)29-9-10-34-24(14-29)7-8-24/h1-6,11,18H,7-10,12-14,26H2/t18-/m0/s1. The Morgan fingerprint density at radius 2 is 1.92 bits per heavy atom. The molecule has 2 N–H and O–H groups in total. The summed E-state index contributed by atoms with van der Waals surface area (Å²) >= 11 is 6.00. The first kappa shape index (κ1) is 23.4. The summed E-state index contributed by atoms with van der Waals surface area (Å²) in [4.78, 5) is 16.7. The van der Waals surface area contributed by atoms with Crippen molar-refractivity contribution < 1.29 is 22.4 Å². The topological polar surface area (TPSA) is 132 Å². The van der Waals surface area contributed by atoms with E-state index in [1.165, 1.54) is 11.0 Å². The molecule has 1 spiro atoms. The van der Waals surface area contributed by atoms with E-state index in [9.17, 15) is 13.2 Å². The highest BCUT2D eigenvalue weighted by molar-refractivity contribution is 7.91. The quantitative estimate of drug-likeness (QED) is 0.541. The number of aromatic nitrogens is 2. The van der Waals surface area contributed by atoms with Crippen LogP contribution in [0.15, 0.2) is 51.8 Å². The number of nitrogens with two attached hydrogens (primary N) is 1. The van der Waals surface area contributed by atoms with Gasteiger partial charge in [0.1, 0.15) is 0 Å². The minimum atomic E-state index is -3.81. The summed E-state index contributed by atoms with van der Waals surface area (Å²) in [6.45, 7) is 2.06. The van der Waals surface area contributed by atoms with E-state index in [0.717, 1.165) is 18.4 Å². The fraction of sp³-hybridized carbons (Fsp3) is 0.375. The Morgan fingerprint density at radius 3 is 2.67 bits per heavy atom. The van der Waals surface area contributed by atoms with Gasteiger partial charge in [-0.1, -0.05) is 28.8 Å². The molecule has 0 radical (unpaired) electrons. The van der Waals surface area contributed by atoms with Gasteiger partial charge in [0, 0.05) is 17.1 Å². The van der Waals surface area contributed by atoms with Gasteiger partial charge < -0.3 is 24.7 Å². The molecule has 12 heteroatoms. The van der Waals surface area contributed by atoms with E-state index < -0.39 is 27.5 Å². The van der Waals surface area contributed by atoms with Crippen molar-refractivity contribution in [2.24, 2.45) is 5.73 Å². The van der Waals surface area contributed by atoms with Crippen molar-refractivity contribution in [3.05, 3.63) is 53.1 Å². The molecular weight excluding hydrogens is 506 g/mol. The number of nitrogens with zero attached hydrogens (tertiary/aromatic N) is 4. The van der Waals surface area contributed by atoms with E-state index in [1.807, 2.05) is 4.90 Å². The Balaban J connectivity index is 1.37. The highest BCUT2D eigenvalue weighted by Gasteiger charge is 2.48. The van der Waals surface area contributed by atoms with Crippen LogP contribution in [-0.4, -0.2) is 61.6 Å². The molecule has 1 atom stereocenters. The molecule has 1 aromatic heterocycles. The van der Waals surface area contributed by atoms with Gasteiger partial charge in [-0.05, 0) is 48.7 Å². The summed E-state index contributed by atoms with van der Waals surface area (Å²) in [5.41, 5.74) is 7.41. The van der Waals surface area contributed by atoms with Crippen LogP contribution < -0.4 is 15.5 Å². The first-order valence-electron chi connectivity index (χ1n) is 11.6. The molecule has 2 aliphatic heterocycles. The van der Waals surface area contributed by atoms with Gasteiger partial charge in [0.15, 0.2) is 9.84 Å². The minimum absolute atomic E-state index is 0.0325. The van der Waals surface area contributed by atoms with Crippen LogP contribution in [0.5, 0.6) is 0 Å². The van der Waals surface area contributed by atoms with E-state index in [1.54, 1.807) is 36.4 Å². The summed E-state index contributed by atoms with van der Waals surface area (Å²) in [6, 6.07) is 10.9. The predicted molar refractivity (Wildman–Crippen MR) is 133 cm³/mol. The van der Waals surface area contributed by atoms with Gasteiger partial charge >= 0.3 is 6.01 Å². The maximum absolute atomic E-state index is 13.2. The van der Waals surface area contributed by atoms with Gasteiger partial charge in [-0.3, -0.25) is 4.79 Å². The summed E-state index contributed by atoms with van der Waals surface area (Å²) in [5, 5.41) is 8.97. The van der Waals surface area contributed by atoms with Crippen molar-refractivity contribution in [2.75, 3.05) is 35.2 Å². The molecule has 2 fully saturated rings. The van der Waals surface area contributed by atoms with E-state index >= 15 is 0 Å². The van der Waals surface area contributed by atoms with E-state index in [2.05, 4.69) is 10.2 Å². The summed E-state index contributed by atoms with van der Waals surface area (Å²) < 4.78 is 38.0. The lowest BCUT2D eigenvalue weighted by atomic mass is 10.1. The number of ether oxygens (including phenoxy) is 1. The lowest BCUT2D eigenvalue weighted by Crippen LogP contribution is -2.45. The highest BCUT2D eigenvalue weighted by Crippen LogP contribution is 2.43. The fourth-order valence-electron chi connectivity index (χ4n) is 4.69. The number of amides is 1. The van der Waals surface area contributed by atoms with Crippen LogP contribution >= 0.6 is 11.6 Å². The zero-order valence-corrected chi connectivity index (χ0v) is 20.8. The predicted octanol–water partition coefficient (Wildman–Crippen LogP) is 2.41. The first-order valence-corrected chi connectivity index (χ1v) is 13.7. The summed E-state index contributed by atoms with van der Waals surface area (Å²) in [6.07, 6.45) is 2.03. The molecule has 10 nitrogen and oxygen atoms in total. The van der Waals surface area contributed by atoms with Gasteiger partial charge in [0.05, 0.1) is 47.7 Å². The Bertz CT molecular complexity index is 1440. The Labute approximate surface area is 212 Å². The average molecular weight is 530 g/mol. The lowest BCUT2D eigenvalue weighted by molar-refractivity contribution is -0.119. The maximum atomic E-state index is 13.2. The molecule has 188 valence electrons. The average Bonchev–Trinajstić information content (AvgIpc) is 3.42. The molecule has 1 saturated carbocycles.